The van der Waals surface area contributed by atoms with E-state index >= 15 is 0 Å². The maximum atomic E-state index is 13.8. The fraction of sp³-hybridized carbons (Fsp3) is 0.367. The zero-order chi connectivity index (χ0) is 26.7. The van der Waals surface area contributed by atoms with Crippen molar-refractivity contribution in [3.05, 3.63) is 71.5 Å². The van der Waals surface area contributed by atoms with E-state index in [9.17, 15) is 19.5 Å². The van der Waals surface area contributed by atoms with Gasteiger partial charge in [-0.3, -0.25) is 14.4 Å². The molecule has 2 saturated heterocycles. The van der Waals surface area contributed by atoms with Gasteiger partial charge in [0.15, 0.2) is 0 Å². The fourth-order valence-electron chi connectivity index (χ4n) is 6.98. The van der Waals surface area contributed by atoms with Gasteiger partial charge < -0.3 is 30.2 Å². The number of carbonyl (C=O) groups is 3. The van der Waals surface area contributed by atoms with Crippen LogP contribution in [0.3, 0.4) is 0 Å². The molecular formula is C30H31N5O4. The topological polar surface area (TPSA) is 122 Å². The summed E-state index contributed by atoms with van der Waals surface area (Å²) in [6, 6.07) is 13.9. The summed E-state index contributed by atoms with van der Waals surface area (Å²) >= 11 is 0. The number of rotatable bonds is 7. The number of piperazine rings is 1. The van der Waals surface area contributed by atoms with Gasteiger partial charge in [0.1, 0.15) is 18.1 Å². The van der Waals surface area contributed by atoms with Gasteiger partial charge in [-0.15, -0.1) is 0 Å². The van der Waals surface area contributed by atoms with Crippen molar-refractivity contribution in [1.82, 2.24) is 25.1 Å². The molecule has 2 aromatic heterocycles. The molecule has 4 atom stereocenters. The average Bonchev–Trinajstić information content (AvgIpc) is 3.68. The number of benzene rings is 2. The van der Waals surface area contributed by atoms with Crippen LogP contribution in [0.5, 0.6) is 0 Å². The number of nitrogens with zero attached hydrogens (tertiary/aromatic N) is 2. The predicted molar refractivity (Wildman–Crippen MR) is 146 cm³/mol. The molecule has 3 aliphatic rings. The third-order valence-corrected chi connectivity index (χ3v) is 8.81. The Balaban J connectivity index is 1.17. The van der Waals surface area contributed by atoms with Crippen molar-refractivity contribution >= 4 is 39.6 Å². The predicted octanol–water partition coefficient (Wildman–Crippen LogP) is 3.12. The van der Waals surface area contributed by atoms with Gasteiger partial charge in [-0.25, -0.2) is 0 Å². The molecule has 9 nitrogen and oxygen atoms in total. The Morgan fingerprint density at radius 3 is 2.62 bits per heavy atom. The first kappa shape index (κ1) is 24.0. The summed E-state index contributed by atoms with van der Waals surface area (Å²) < 4.78 is 0. The van der Waals surface area contributed by atoms with Gasteiger partial charge in [0, 0.05) is 53.1 Å². The molecular weight excluding hydrogens is 494 g/mol. The van der Waals surface area contributed by atoms with Crippen molar-refractivity contribution < 1.29 is 19.5 Å². The second-order valence-corrected chi connectivity index (χ2v) is 10.9. The molecule has 2 aromatic carbocycles. The Kier molecular flexibility index (Phi) is 5.70. The number of carboxylic acid groups (broad SMARTS) is 1. The van der Waals surface area contributed by atoms with Crippen molar-refractivity contribution in [2.24, 2.45) is 0 Å². The first-order chi connectivity index (χ1) is 19.0. The van der Waals surface area contributed by atoms with Gasteiger partial charge >= 0.3 is 5.97 Å². The summed E-state index contributed by atoms with van der Waals surface area (Å²) in [7, 11) is 0. The van der Waals surface area contributed by atoms with Crippen LogP contribution in [-0.2, 0) is 27.2 Å². The highest BCUT2D eigenvalue weighted by Gasteiger charge is 2.52. The number of carbonyl (C=O) groups excluding carboxylic acids is 2. The highest BCUT2D eigenvalue weighted by Crippen LogP contribution is 2.43. The molecule has 0 unspecified atom stereocenters. The summed E-state index contributed by atoms with van der Waals surface area (Å²) in [5.74, 6) is -0.868. The molecule has 0 radical (unpaired) electrons. The fourth-order valence-corrected chi connectivity index (χ4v) is 6.98. The normalized spacial score (nSPS) is 23.2. The van der Waals surface area contributed by atoms with Gasteiger partial charge in [-0.05, 0) is 49.1 Å². The molecule has 5 heterocycles. The molecule has 7 rings (SSSR count). The summed E-state index contributed by atoms with van der Waals surface area (Å²) in [6.07, 6.45) is 4.75. The van der Waals surface area contributed by atoms with Gasteiger partial charge in [0.25, 0.3) is 0 Å². The Bertz CT molecular complexity index is 1610. The number of H-pyrrole nitrogens is 2. The minimum absolute atomic E-state index is 0.0139. The van der Waals surface area contributed by atoms with E-state index in [0.29, 0.717) is 38.8 Å². The Hall–Kier alpha value is -4.11. The SMILES string of the molecule is O=C(O)[C@H](Cc1c[nH]c2ccccc12)NCC[C@H]1c2[nH]c3ccccc3c2C[C@H]2C(=O)N3CCC[C@H]3C(=O)N21. The van der Waals surface area contributed by atoms with Crippen LogP contribution in [0.1, 0.15) is 42.1 Å². The molecule has 0 saturated carbocycles. The molecule has 0 spiro atoms. The lowest BCUT2D eigenvalue weighted by Gasteiger charge is -2.48. The van der Waals surface area contributed by atoms with E-state index in [-0.39, 0.29) is 23.9 Å². The number of hydrogen-bond acceptors (Lipinski definition) is 4. The first-order valence-corrected chi connectivity index (χ1v) is 13.7. The number of para-hydroxylation sites is 2. The van der Waals surface area contributed by atoms with Crippen molar-refractivity contribution in [1.29, 1.82) is 0 Å². The number of hydrogen-bond donors (Lipinski definition) is 4. The van der Waals surface area contributed by atoms with Crippen LogP contribution in [0.4, 0.5) is 0 Å². The number of nitrogens with one attached hydrogen (secondary N) is 3. The number of aromatic amines is 2. The first-order valence-electron chi connectivity index (χ1n) is 13.7. The Labute approximate surface area is 225 Å². The van der Waals surface area contributed by atoms with E-state index < -0.39 is 18.1 Å². The molecule has 9 heteroatoms. The number of aliphatic carboxylic acids is 1. The van der Waals surface area contributed by atoms with Gasteiger partial charge in [0.2, 0.25) is 11.8 Å². The van der Waals surface area contributed by atoms with Crippen molar-refractivity contribution in [2.45, 2.75) is 56.3 Å². The second kappa shape index (κ2) is 9.27. The Morgan fingerprint density at radius 1 is 1.03 bits per heavy atom. The Morgan fingerprint density at radius 2 is 1.79 bits per heavy atom. The second-order valence-electron chi connectivity index (χ2n) is 10.9. The molecule has 2 fully saturated rings. The molecule has 4 aromatic rings. The lowest BCUT2D eigenvalue weighted by Crippen LogP contribution is -2.65. The molecule has 39 heavy (non-hydrogen) atoms. The zero-order valence-corrected chi connectivity index (χ0v) is 21.5. The monoisotopic (exact) mass is 525 g/mol. The van der Waals surface area contributed by atoms with Gasteiger partial charge in [0.05, 0.1) is 6.04 Å². The standard InChI is InChI=1S/C30H31N5O4/c36-28-26-15-20-19-7-2-4-9-22(19)33-27(20)24(35(26)29(37)25-10-5-13-34(25)28)11-12-31-23(30(38)39)14-17-16-32-21-8-3-1-6-18(17)21/h1-4,6-9,16,23-26,31-33H,5,10-15H2,(H,38,39)/t23-,24-,25-,26-/m0/s1. The van der Waals surface area contributed by atoms with E-state index in [1.807, 2.05) is 53.6 Å². The minimum atomic E-state index is -0.918. The lowest BCUT2D eigenvalue weighted by atomic mass is 9.86. The quantitative estimate of drug-likeness (QED) is 0.295. The van der Waals surface area contributed by atoms with Gasteiger partial charge in [-0.2, -0.15) is 0 Å². The smallest absolute Gasteiger partial charge is 0.321 e. The molecule has 2 amide bonds. The van der Waals surface area contributed by atoms with Crippen LogP contribution in [0.25, 0.3) is 21.8 Å². The number of fused-ring (bicyclic) bond motifs is 6. The zero-order valence-electron chi connectivity index (χ0n) is 21.5. The number of aromatic nitrogens is 2. The van der Waals surface area contributed by atoms with Crippen LogP contribution in [0.15, 0.2) is 54.7 Å². The van der Waals surface area contributed by atoms with Crippen LogP contribution in [0.2, 0.25) is 0 Å². The highest BCUT2D eigenvalue weighted by atomic mass is 16.4. The van der Waals surface area contributed by atoms with E-state index in [0.717, 1.165) is 45.0 Å². The third-order valence-electron chi connectivity index (χ3n) is 8.81. The van der Waals surface area contributed by atoms with Crippen molar-refractivity contribution in [3.63, 3.8) is 0 Å². The maximum absolute atomic E-state index is 13.8. The van der Waals surface area contributed by atoms with Gasteiger partial charge in [-0.1, -0.05) is 36.4 Å². The van der Waals surface area contributed by atoms with E-state index in [1.54, 1.807) is 4.90 Å². The van der Waals surface area contributed by atoms with Crippen molar-refractivity contribution in [3.8, 4) is 0 Å². The maximum Gasteiger partial charge on any atom is 0.321 e. The van der Waals surface area contributed by atoms with Crippen LogP contribution < -0.4 is 5.32 Å². The number of amides is 2. The van der Waals surface area contributed by atoms with E-state index in [1.165, 1.54) is 0 Å². The molecule has 4 N–H and O–H groups in total. The summed E-state index contributed by atoms with van der Waals surface area (Å²) in [5.41, 5.74) is 4.96. The third kappa shape index (κ3) is 3.83. The van der Waals surface area contributed by atoms with Crippen molar-refractivity contribution in [2.75, 3.05) is 13.1 Å². The molecule has 0 aliphatic carbocycles. The largest absolute Gasteiger partial charge is 0.480 e. The molecule has 3 aliphatic heterocycles. The minimum Gasteiger partial charge on any atom is -0.480 e. The lowest BCUT2D eigenvalue weighted by molar-refractivity contribution is -0.163. The summed E-state index contributed by atoms with van der Waals surface area (Å²) in [5, 5.41) is 15.3. The van der Waals surface area contributed by atoms with Crippen LogP contribution >= 0.6 is 0 Å². The highest BCUT2D eigenvalue weighted by molar-refractivity contribution is 5.99. The van der Waals surface area contributed by atoms with Crippen LogP contribution in [-0.4, -0.2) is 73.9 Å². The average molecular weight is 526 g/mol. The molecule has 0 bridgehead atoms. The summed E-state index contributed by atoms with van der Waals surface area (Å²) in [6.45, 7) is 1.03. The van der Waals surface area contributed by atoms with E-state index in [4.69, 9.17) is 0 Å². The summed E-state index contributed by atoms with van der Waals surface area (Å²) in [4.78, 5) is 49.9. The van der Waals surface area contributed by atoms with E-state index in [2.05, 4.69) is 21.4 Å². The van der Waals surface area contributed by atoms with Crippen LogP contribution in [0, 0.1) is 0 Å². The number of carboxylic acids is 1. The molecule has 200 valence electrons.